The maximum absolute atomic E-state index is 6.21. The minimum atomic E-state index is 0.476. The van der Waals surface area contributed by atoms with Crippen LogP contribution in [0.3, 0.4) is 0 Å². The van der Waals surface area contributed by atoms with Gasteiger partial charge >= 0.3 is 0 Å². The Hall–Kier alpha value is -4.02. The van der Waals surface area contributed by atoms with Crippen molar-refractivity contribution in [2.75, 3.05) is 0 Å². The molecule has 4 heteroatoms. The highest BCUT2D eigenvalue weighted by Gasteiger charge is 2.12. The molecule has 0 radical (unpaired) electrons. The first kappa shape index (κ1) is 20.9. The third kappa shape index (κ3) is 4.76. The van der Waals surface area contributed by atoms with E-state index in [0.29, 0.717) is 6.54 Å². The summed E-state index contributed by atoms with van der Waals surface area (Å²) >= 11 is 0. The van der Waals surface area contributed by atoms with Gasteiger partial charge in [-0.15, -0.1) is 0 Å². The fourth-order valence-corrected chi connectivity index (χ4v) is 4.11. The molecule has 5 rings (SSSR count). The molecule has 0 aliphatic rings. The molecule has 0 spiro atoms. The van der Waals surface area contributed by atoms with Crippen molar-refractivity contribution >= 4 is 10.9 Å². The van der Waals surface area contributed by atoms with E-state index in [4.69, 9.17) is 15.2 Å². The molecule has 164 valence electrons. The molecular weight excluding hydrogens is 408 g/mol. The number of benzene rings is 4. The fraction of sp³-hybridized carbons (Fsp3) is 0.103. The lowest BCUT2D eigenvalue weighted by Gasteiger charge is -2.15. The van der Waals surface area contributed by atoms with E-state index >= 15 is 0 Å². The van der Waals surface area contributed by atoms with Gasteiger partial charge in [-0.2, -0.15) is 0 Å². The highest BCUT2D eigenvalue weighted by Crippen LogP contribution is 2.31. The third-order valence-electron chi connectivity index (χ3n) is 5.78. The third-order valence-corrected chi connectivity index (χ3v) is 5.78. The number of rotatable bonds is 8. The van der Waals surface area contributed by atoms with Crippen molar-refractivity contribution in [1.82, 2.24) is 4.98 Å². The molecule has 0 bridgehead atoms. The van der Waals surface area contributed by atoms with Crippen LogP contribution < -0.4 is 15.2 Å². The van der Waals surface area contributed by atoms with Gasteiger partial charge in [-0.3, -0.25) is 0 Å². The van der Waals surface area contributed by atoms with E-state index in [-0.39, 0.29) is 0 Å². The summed E-state index contributed by atoms with van der Waals surface area (Å²) in [5.74, 6) is 3.33. The highest BCUT2D eigenvalue weighted by atomic mass is 16.5. The number of aromatic nitrogens is 1. The number of nitrogens with two attached hydrogens (primary N) is 1. The van der Waals surface area contributed by atoms with Gasteiger partial charge in [0.2, 0.25) is 0 Å². The average Bonchev–Trinajstić information content (AvgIpc) is 3.26. The first-order valence-electron chi connectivity index (χ1n) is 11.2. The standard InChI is InChI=1S/C29H26N2O2/c30-19-21-8-7-13-29(33-24-11-5-2-6-12-24)26(21)16-14-22-20-31-28-17-15-25(18-27(22)28)32-23-9-3-1-4-10-23/h1-13,15,17-18,20,31H,14,16,19,30H2. The summed E-state index contributed by atoms with van der Waals surface area (Å²) in [6.45, 7) is 0.476. The van der Waals surface area contributed by atoms with Gasteiger partial charge in [0.05, 0.1) is 0 Å². The molecule has 1 heterocycles. The number of ether oxygens (including phenoxy) is 2. The number of fused-ring (bicyclic) bond motifs is 1. The normalized spacial score (nSPS) is 10.9. The van der Waals surface area contributed by atoms with E-state index in [1.165, 1.54) is 10.9 Å². The summed E-state index contributed by atoms with van der Waals surface area (Å²) in [4.78, 5) is 3.39. The molecule has 0 aliphatic carbocycles. The van der Waals surface area contributed by atoms with Crippen LogP contribution in [0.1, 0.15) is 16.7 Å². The second kappa shape index (κ2) is 9.63. The topological polar surface area (TPSA) is 60.3 Å². The van der Waals surface area contributed by atoms with Crippen LogP contribution >= 0.6 is 0 Å². The molecule has 0 fully saturated rings. The Balaban J connectivity index is 1.40. The van der Waals surface area contributed by atoms with E-state index in [9.17, 15) is 0 Å². The van der Waals surface area contributed by atoms with Crippen molar-refractivity contribution in [2.24, 2.45) is 5.73 Å². The lowest BCUT2D eigenvalue weighted by atomic mass is 9.98. The molecule has 0 saturated carbocycles. The van der Waals surface area contributed by atoms with Gasteiger partial charge in [0.15, 0.2) is 0 Å². The summed E-state index contributed by atoms with van der Waals surface area (Å²) < 4.78 is 12.3. The van der Waals surface area contributed by atoms with Crippen LogP contribution in [0.15, 0.2) is 103 Å². The number of H-pyrrole nitrogens is 1. The quantitative estimate of drug-likeness (QED) is 0.276. The lowest BCUT2D eigenvalue weighted by molar-refractivity contribution is 0.475. The van der Waals surface area contributed by atoms with Gasteiger partial charge in [0, 0.05) is 23.6 Å². The Labute approximate surface area is 193 Å². The molecule has 33 heavy (non-hydrogen) atoms. The van der Waals surface area contributed by atoms with Gasteiger partial charge in [0.25, 0.3) is 0 Å². The van der Waals surface area contributed by atoms with Crippen molar-refractivity contribution < 1.29 is 9.47 Å². The Bertz CT molecular complexity index is 1340. The van der Waals surface area contributed by atoms with Crippen molar-refractivity contribution in [1.29, 1.82) is 0 Å². The van der Waals surface area contributed by atoms with E-state index < -0.39 is 0 Å². The van der Waals surface area contributed by atoms with Crippen LogP contribution in [0.2, 0.25) is 0 Å². The van der Waals surface area contributed by atoms with Crippen LogP contribution in [-0.2, 0) is 19.4 Å². The maximum atomic E-state index is 6.21. The highest BCUT2D eigenvalue weighted by molar-refractivity contribution is 5.84. The monoisotopic (exact) mass is 434 g/mol. The first-order valence-corrected chi connectivity index (χ1v) is 11.2. The van der Waals surface area contributed by atoms with Crippen LogP contribution in [-0.4, -0.2) is 4.98 Å². The van der Waals surface area contributed by atoms with Crippen molar-refractivity contribution in [2.45, 2.75) is 19.4 Å². The van der Waals surface area contributed by atoms with E-state index in [0.717, 1.165) is 52.5 Å². The number of nitrogens with one attached hydrogen (secondary N) is 1. The van der Waals surface area contributed by atoms with Crippen LogP contribution in [0.5, 0.6) is 23.0 Å². The molecular formula is C29H26N2O2. The molecule has 0 atom stereocenters. The number of hydrogen-bond donors (Lipinski definition) is 2. The molecule has 1 aromatic heterocycles. The predicted molar refractivity (Wildman–Crippen MR) is 133 cm³/mol. The lowest BCUT2D eigenvalue weighted by Crippen LogP contribution is -2.05. The van der Waals surface area contributed by atoms with E-state index in [2.05, 4.69) is 29.4 Å². The van der Waals surface area contributed by atoms with Gasteiger partial charge in [-0.05, 0) is 78.1 Å². The summed E-state index contributed by atoms with van der Waals surface area (Å²) in [7, 11) is 0. The summed E-state index contributed by atoms with van der Waals surface area (Å²) in [5, 5.41) is 1.17. The second-order valence-electron chi connectivity index (χ2n) is 7.95. The fourth-order valence-electron chi connectivity index (χ4n) is 4.11. The SMILES string of the molecule is NCc1cccc(Oc2ccccc2)c1CCc1c[nH]c2ccc(Oc3ccccc3)cc12. The zero-order valence-corrected chi connectivity index (χ0v) is 18.3. The smallest absolute Gasteiger partial charge is 0.130 e. The molecule has 0 amide bonds. The zero-order chi connectivity index (χ0) is 22.5. The van der Waals surface area contributed by atoms with Crippen LogP contribution in [0, 0.1) is 0 Å². The number of aryl methyl sites for hydroxylation is 1. The summed E-state index contributed by atoms with van der Waals surface area (Å²) in [6, 6.07) is 32.0. The first-order chi connectivity index (χ1) is 16.3. The Morgan fingerprint density at radius 3 is 2.09 bits per heavy atom. The van der Waals surface area contributed by atoms with E-state index in [1.54, 1.807) is 0 Å². The number of aromatic amines is 1. The summed E-state index contributed by atoms with van der Waals surface area (Å²) in [5.41, 5.74) is 10.7. The molecule has 0 saturated heterocycles. The molecule has 5 aromatic rings. The molecule has 4 nitrogen and oxygen atoms in total. The second-order valence-corrected chi connectivity index (χ2v) is 7.95. The number of hydrogen-bond acceptors (Lipinski definition) is 3. The number of para-hydroxylation sites is 2. The molecule has 4 aromatic carbocycles. The largest absolute Gasteiger partial charge is 0.457 e. The zero-order valence-electron chi connectivity index (χ0n) is 18.3. The van der Waals surface area contributed by atoms with Crippen molar-refractivity contribution in [3.05, 3.63) is 120 Å². The average molecular weight is 435 g/mol. The van der Waals surface area contributed by atoms with Gasteiger partial charge in [-0.25, -0.2) is 0 Å². The van der Waals surface area contributed by atoms with Crippen LogP contribution in [0.25, 0.3) is 10.9 Å². The van der Waals surface area contributed by atoms with E-state index in [1.807, 2.05) is 78.9 Å². The van der Waals surface area contributed by atoms with Gasteiger partial charge < -0.3 is 20.2 Å². The maximum Gasteiger partial charge on any atom is 0.130 e. The van der Waals surface area contributed by atoms with Gasteiger partial charge in [-0.1, -0.05) is 48.5 Å². The van der Waals surface area contributed by atoms with Crippen molar-refractivity contribution in [3.63, 3.8) is 0 Å². The van der Waals surface area contributed by atoms with Crippen molar-refractivity contribution in [3.8, 4) is 23.0 Å². The Kier molecular flexibility index (Phi) is 6.09. The van der Waals surface area contributed by atoms with Crippen LogP contribution in [0.4, 0.5) is 0 Å². The minimum Gasteiger partial charge on any atom is -0.457 e. The Morgan fingerprint density at radius 1 is 0.636 bits per heavy atom. The van der Waals surface area contributed by atoms with Gasteiger partial charge in [0.1, 0.15) is 23.0 Å². The molecule has 3 N–H and O–H groups in total. The molecule has 0 aliphatic heterocycles. The Morgan fingerprint density at radius 2 is 1.36 bits per heavy atom. The summed E-state index contributed by atoms with van der Waals surface area (Å²) in [6.07, 6.45) is 3.77. The minimum absolute atomic E-state index is 0.476. The predicted octanol–water partition coefficient (Wildman–Crippen LogP) is 7.00. The molecule has 0 unspecified atom stereocenters.